The summed E-state index contributed by atoms with van der Waals surface area (Å²) < 4.78 is 5.41. The Morgan fingerprint density at radius 2 is 2.21 bits per heavy atom. The molecule has 0 aliphatic carbocycles. The lowest BCUT2D eigenvalue weighted by molar-refractivity contribution is -0.137. The molecule has 0 aromatic carbocycles. The van der Waals surface area contributed by atoms with Crippen molar-refractivity contribution in [2.24, 2.45) is 0 Å². The van der Waals surface area contributed by atoms with E-state index in [0.717, 1.165) is 19.3 Å². The van der Waals surface area contributed by atoms with Crippen molar-refractivity contribution in [3.63, 3.8) is 0 Å². The molecule has 1 heterocycles. The van der Waals surface area contributed by atoms with Crippen molar-refractivity contribution >= 4 is 12.0 Å². The van der Waals surface area contributed by atoms with Crippen LogP contribution in [0.3, 0.4) is 0 Å². The van der Waals surface area contributed by atoms with Gasteiger partial charge in [-0.15, -0.1) is 0 Å². The van der Waals surface area contributed by atoms with Crippen molar-refractivity contribution in [1.29, 1.82) is 0 Å². The topological polar surface area (TPSA) is 87.7 Å². The van der Waals surface area contributed by atoms with Crippen molar-refractivity contribution in [2.45, 2.75) is 64.1 Å². The molecule has 6 nitrogen and oxygen atoms in total. The maximum Gasteiger partial charge on any atom is 0.315 e. The first kappa shape index (κ1) is 15.8. The SMILES string of the molecule is CCCC(CC(=O)O)NC(=O)NC1CCOC(C)C1. The zero-order valence-corrected chi connectivity index (χ0v) is 11.6. The Balaban J connectivity index is 2.36. The minimum absolute atomic E-state index is 0.0363. The lowest BCUT2D eigenvalue weighted by Crippen LogP contribution is -2.49. The molecule has 3 unspecified atom stereocenters. The van der Waals surface area contributed by atoms with Gasteiger partial charge >= 0.3 is 12.0 Å². The summed E-state index contributed by atoms with van der Waals surface area (Å²) in [7, 11) is 0. The molecule has 19 heavy (non-hydrogen) atoms. The van der Waals surface area contributed by atoms with E-state index in [1.165, 1.54) is 0 Å². The lowest BCUT2D eigenvalue weighted by Gasteiger charge is -2.28. The molecular formula is C13H24N2O4. The number of hydrogen-bond donors (Lipinski definition) is 3. The number of carbonyl (C=O) groups is 2. The minimum Gasteiger partial charge on any atom is -0.481 e. The van der Waals surface area contributed by atoms with E-state index in [-0.39, 0.29) is 30.6 Å². The van der Waals surface area contributed by atoms with Crippen molar-refractivity contribution in [2.75, 3.05) is 6.61 Å². The summed E-state index contributed by atoms with van der Waals surface area (Å²) in [6.45, 7) is 4.60. The molecule has 1 aliphatic rings. The zero-order valence-electron chi connectivity index (χ0n) is 11.6. The van der Waals surface area contributed by atoms with Gasteiger partial charge in [0.2, 0.25) is 0 Å². The van der Waals surface area contributed by atoms with E-state index in [1.807, 2.05) is 13.8 Å². The number of hydrogen-bond acceptors (Lipinski definition) is 3. The molecule has 3 atom stereocenters. The summed E-state index contributed by atoms with van der Waals surface area (Å²) in [6.07, 6.45) is 3.23. The van der Waals surface area contributed by atoms with Gasteiger partial charge < -0.3 is 20.5 Å². The number of nitrogens with one attached hydrogen (secondary N) is 2. The van der Waals surface area contributed by atoms with E-state index in [1.54, 1.807) is 0 Å². The number of urea groups is 1. The highest BCUT2D eigenvalue weighted by molar-refractivity contribution is 5.76. The molecule has 1 saturated heterocycles. The third-order valence-electron chi connectivity index (χ3n) is 3.21. The van der Waals surface area contributed by atoms with Crippen LogP contribution >= 0.6 is 0 Å². The average Bonchev–Trinajstić information content (AvgIpc) is 2.27. The van der Waals surface area contributed by atoms with Gasteiger partial charge in [-0.2, -0.15) is 0 Å². The van der Waals surface area contributed by atoms with Crippen molar-refractivity contribution in [3.05, 3.63) is 0 Å². The number of ether oxygens (including phenoxy) is 1. The summed E-state index contributed by atoms with van der Waals surface area (Å²) in [5.41, 5.74) is 0. The first-order valence-electron chi connectivity index (χ1n) is 6.91. The first-order valence-corrected chi connectivity index (χ1v) is 6.91. The minimum atomic E-state index is -0.890. The molecule has 0 radical (unpaired) electrons. The Morgan fingerprint density at radius 3 is 2.79 bits per heavy atom. The van der Waals surface area contributed by atoms with Crippen molar-refractivity contribution in [1.82, 2.24) is 10.6 Å². The van der Waals surface area contributed by atoms with Crippen molar-refractivity contribution in [3.8, 4) is 0 Å². The Labute approximate surface area is 113 Å². The summed E-state index contributed by atoms with van der Waals surface area (Å²) in [4.78, 5) is 22.5. The maximum absolute atomic E-state index is 11.8. The van der Waals surface area contributed by atoms with Gasteiger partial charge in [0.25, 0.3) is 0 Å². The fourth-order valence-electron chi connectivity index (χ4n) is 2.33. The second kappa shape index (κ2) is 7.99. The Bertz CT molecular complexity index is 309. The second-order valence-electron chi connectivity index (χ2n) is 5.10. The smallest absolute Gasteiger partial charge is 0.315 e. The molecule has 2 amide bonds. The van der Waals surface area contributed by atoms with E-state index < -0.39 is 5.97 Å². The molecule has 6 heteroatoms. The van der Waals surface area contributed by atoms with Gasteiger partial charge in [-0.3, -0.25) is 4.79 Å². The van der Waals surface area contributed by atoms with E-state index in [2.05, 4.69) is 10.6 Å². The van der Waals surface area contributed by atoms with E-state index in [9.17, 15) is 9.59 Å². The van der Waals surface area contributed by atoms with Gasteiger partial charge in [0.15, 0.2) is 0 Å². The predicted molar refractivity (Wildman–Crippen MR) is 71.1 cm³/mol. The molecule has 1 rings (SSSR count). The summed E-state index contributed by atoms with van der Waals surface area (Å²) >= 11 is 0. The molecule has 0 spiro atoms. The van der Waals surface area contributed by atoms with Gasteiger partial charge in [0.05, 0.1) is 12.5 Å². The number of carboxylic acids is 1. The van der Waals surface area contributed by atoms with Crippen LogP contribution in [0.1, 0.15) is 46.0 Å². The van der Waals surface area contributed by atoms with Gasteiger partial charge in [-0.25, -0.2) is 4.79 Å². The Morgan fingerprint density at radius 1 is 1.47 bits per heavy atom. The molecular weight excluding hydrogens is 248 g/mol. The summed E-state index contributed by atoms with van der Waals surface area (Å²) in [6, 6.07) is -0.477. The molecule has 0 aromatic heterocycles. The number of rotatable bonds is 6. The third kappa shape index (κ3) is 6.42. The molecule has 0 saturated carbocycles. The Kier molecular flexibility index (Phi) is 6.62. The lowest BCUT2D eigenvalue weighted by atomic mass is 10.0. The normalized spacial score (nSPS) is 24.5. The molecule has 110 valence electrons. The van der Waals surface area contributed by atoms with E-state index >= 15 is 0 Å². The van der Waals surface area contributed by atoms with Crippen LogP contribution in [0.4, 0.5) is 4.79 Å². The number of carboxylic acid groups (broad SMARTS) is 1. The molecule has 1 aliphatic heterocycles. The van der Waals surface area contributed by atoms with Gasteiger partial charge in [-0.1, -0.05) is 13.3 Å². The quantitative estimate of drug-likeness (QED) is 0.683. The highest BCUT2D eigenvalue weighted by Crippen LogP contribution is 2.13. The number of carbonyl (C=O) groups excluding carboxylic acids is 1. The second-order valence-corrected chi connectivity index (χ2v) is 5.10. The fourth-order valence-corrected chi connectivity index (χ4v) is 2.33. The van der Waals surface area contributed by atoms with Gasteiger partial charge in [-0.05, 0) is 26.2 Å². The van der Waals surface area contributed by atoms with Crippen LogP contribution in [0, 0.1) is 0 Å². The van der Waals surface area contributed by atoms with E-state index in [4.69, 9.17) is 9.84 Å². The van der Waals surface area contributed by atoms with Crippen LogP contribution in [0.5, 0.6) is 0 Å². The molecule has 0 aromatic rings. The summed E-state index contributed by atoms with van der Waals surface area (Å²) in [5, 5.41) is 14.4. The maximum atomic E-state index is 11.8. The zero-order chi connectivity index (χ0) is 14.3. The van der Waals surface area contributed by atoms with Crippen LogP contribution in [0.2, 0.25) is 0 Å². The fraction of sp³-hybridized carbons (Fsp3) is 0.846. The highest BCUT2D eigenvalue weighted by atomic mass is 16.5. The average molecular weight is 272 g/mol. The first-order chi connectivity index (χ1) is 9.01. The Hall–Kier alpha value is -1.30. The largest absolute Gasteiger partial charge is 0.481 e. The third-order valence-corrected chi connectivity index (χ3v) is 3.21. The molecule has 0 bridgehead atoms. The standard InChI is InChI=1S/C13H24N2O4/c1-3-4-10(8-12(16)17)14-13(18)15-11-5-6-19-9(2)7-11/h9-11H,3-8H2,1-2H3,(H,16,17)(H2,14,15,18). The van der Waals surface area contributed by atoms with Crippen LogP contribution < -0.4 is 10.6 Å². The number of amides is 2. The van der Waals surface area contributed by atoms with Gasteiger partial charge in [0.1, 0.15) is 0 Å². The van der Waals surface area contributed by atoms with Crippen molar-refractivity contribution < 1.29 is 19.4 Å². The van der Waals surface area contributed by atoms with E-state index in [0.29, 0.717) is 13.0 Å². The highest BCUT2D eigenvalue weighted by Gasteiger charge is 2.22. The van der Waals surface area contributed by atoms with Crippen LogP contribution in [0.25, 0.3) is 0 Å². The molecule has 1 fully saturated rings. The van der Waals surface area contributed by atoms with Crippen LogP contribution in [-0.4, -0.2) is 41.9 Å². The van der Waals surface area contributed by atoms with Crippen LogP contribution in [0.15, 0.2) is 0 Å². The van der Waals surface area contributed by atoms with Gasteiger partial charge in [0, 0.05) is 18.7 Å². The number of aliphatic carboxylic acids is 1. The monoisotopic (exact) mass is 272 g/mol. The predicted octanol–water partition coefficient (Wildman–Crippen LogP) is 1.50. The van der Waals surface area contributed by atoms with Crippen LogP contribution in [-0.2, 0) is 9.53 Å². The summed E-state index contributed by atoms with van der Waals surface area (Å²) in [5.74, 6) is -0.890. The molecule has 3 N–H and O–H groups in total.